The molecule has 1 spiro atoms. The summed E-state index contributed by atoms with van der Waals surface area (Å²) in [5, 5.41) is 0. The van der Waals surface area contributed by atoms with Crippen molar-refractivity contribution in [2.75, 3.05) is 13.2 Å². The van der Waals surface area contributed by atoms with Crippen LogP contribution in [0.4, 0.5) is 0 Å². The van der Waals surface area contributed by atoms with Crippen molar-refractivity contribution in [2.24, 2.45) is 16.7 Å². The summed E-state index contributed by atoms with van der Waals surface area (Å²) < 4.78 is 24.6. The third kappa shape index (κ3) is 1.66. The molecule has 1 aliphatic heterocycles. The molecule has 2 bridgehead atoms. The number of hydrogen-bond acceptors (Lipinski definition) is 4. The van der Waals surface area contributed by atoms with E-state index in [1.165, 1.54) is 19.3 Å². The fourth-order valence-corrected chi connectivity index (χ4v) is 10.9. The summed E-state index contributed by atoms with van der Waals surface area (Å²) in [6.07, 6.45) is 3.87. The number of hydrogen-bond donors (Lipinski definition) is 0. The van der Waals surface area contributed by atoms with Crippen molar-refractivity contribution in [1.82, 2.24) is 0 Å². The zero-order valence-electron chi connectivity index (χ0n) is 13.3. The Labute approximate surface area is 127 Å². The van der Waals surface area contributed by atoms with Crippen LogP contribution in [0.2, 0.25) is 0 Å². The molecular formula is C15H27O3PS. The van der Waals surface area contributed by atoms with Gasteiger partial charge in [-0.05, 0) is 49.9 Å². The Balaban J connectivity index is 1.95. The third-order valence-electron chi connectivity index (χ3n) is 6.11. The highest BCUT2D eigenvalue weighted by molar-refractivity contribution is 8.15. The lowest BCUT2D eigenvalue weighted by atomic mass is 9.64. The van der Waals surface area contributed by atoms with E-state index >= 15 is 0 Å². The maximum atomic E-state index is 13.2. The van der Waals surface area contributed by atoms with Crippen LogP contribution in [0, 0.1) is 16.7 Å². The summed E-state index contributed by atoms with van der Waals surface area (Å²) in [4.78, 5) is 0.0419. The van der Waals surface area contributed by atoms with Crippen molar-refractivity contribution in [3.05, 3.63) is 0 Å². The fraction of sp³-hybridized carbons (Fsp3) is 1.00. The SMILES string of the molecule is CCOP(=O)(OCC)C1S[C@]12C(C)(C)[C@H]1CC[C@]2(C)C1. The highest BCUT2D eigenvalue weighted by Gasteiger charge is 2.83. The minimum atomic E-state index is -2.98. The first kappa shape index (κ1) is 15.4. The van der Waals surface area contributed by atoms with Gasteiger partial charge in [-0.3, -0.25) is 4.57 Å². The first-order chi connectivity index (χ1) is 9.27. The third-order valence-corrected chi connectivity index (χ3v) is 11.5. The molecule has 20 heavy (non-hydrogen) atoms. The monoisotopic (exact) mass is 318 g/mol. The van der Waals surface area contributed by atoms with E-state index in [2.05, 4.69) is 20.8 Å². The van der Waals surface area contributed by atoms with E-state index in [0.29, 0.717) is 18.6 Å². The molecule has 0 N–H and O–H groups in total. The van der Waals surface area contributed by atoms with E-state index in [9.17, 15) is 4.57 Å². The number of rotatable bonds is 5. The van der Waals surface area contributed by atoms with Gasteiger partial charge in [0.05, 0.1) is 18.0 Å². The van der Waals surface area contributed by atoms with Gasteiger partial charge in [-0.2, -0.15) is 0 Å². The molecule has 116 valence electrons. The second-order valence-electron chi connectivity index (χ2n) is 7.30. The summed E-state index contributed by atoms with van der Waals surface area (Å²) in [6, 6.07) is 0. The van der Waals surface area contributed by atoms with E-state index in [1.807, 2.05) is 25.6 Å². The lowest BCUT2D eigenvalue weighted by Gasteiger charge is -2.43. The molecule has 3 nitrogen and oxygen atoms in total. The molecule has 0 amide bonds. The van der Waals surface area contributed by atoms with Gasteiger partial charge in [0.25, 0.3) is 0 Å². The summed E-state index contributed by atoms with van der Waals surface area (Å²) >= 11 is 1.89. The van der Waals surface area contributed by atoms with Gasteiger partial charge in [0.15, 0.2) is 0 Å². The Morgan fingerprint density at radius 2 is 1.80 bits per heavy atom. The number of fused-ring (bicyclic) bond motifs is 3. The molecule has 3 rings (SSSR count). The normalized spacial score (nSPS) is 45.2. The minimum Gasteiger partial charge on any atom is -0.308 e. The van der Waals surface area contributed by atoms with E-state index in [4.69, 9.17) is 9.05 Å². The first-order valence-electron chi connectivity index (χ1n) is 7.84. The van der Waals surface area contributed by atoms with Gasteiger partial charge in [0.2, 0.25) is 0 Å². The van der Waals surface area contributed by atoms with Gasteiger partial charge in [-0.15, -0.1) is 11.8 Å². The smallest absolute Gasteiger partial charge is 0.308 e. The van der Waals surface area contributed by atoms with Crippen LogP contribution in [0.25, 0.3) is 0 Å². The van der Waals surface area contributed by atoms with Gasteiger partial charge >= 0.3 is 7.60 Å². The second-order valence-corrected chi connectivity index (χ2v) is 11.1. The van der Waals surface area contributed by atoms with E-state index < -0.39 is 7.60 Å². The molecule has 0 aromatic rings. The number of thioether (sulfide) groups is 1. The average molecular weight is 318 g/mol. The lowest BCUT2D eigenvalue weighted by Crippen LogP contribution is -2.45. The van der Waals surface area contributed by atoms with Crippen molar-refractivity contribution in [2.45, 2.75) is 63.6 Å². The Hall–Kier alpha value is 0.500. The molecular weight excluding hydrogens is 291 g/mol. The van der Waals surface area contributed by atoms with Crippen molar-refractivity contribution in [1.29, 1.82) is 0 Å². The summed E-state index contributed by atoms with van der Waals surface area (Å²) in [6.45, 7) is 11.9. The van der Waals surface area contributed by atoms with Gasteiger partial charge in [-0.1, -0.05) is 20.8 Å². The second kappa shape index (κ2) is 4.50. The molecule has 1 saturated heterocycles. The van der Waals surface area contributed by atoms with Crippen LogP contribution in [0.1, 0.15) is 53.9 Å². The first-order valence-corrected chi connectivity index (χ1v) is 10.3. The molecule has 3 fully saturated rings. The van der Waals surface area contributed by atoms with Crippen molar-refractivity contribution >= 4 is 19.4 Å². The van der Waals surface area contributed by atoms with Crippen LogP contribution < -0.4 is 0 Å². The predicted molar refractivity (Wildman–Crippen MR) is 84.2 cm³/mol. The average Bonchev–Trinajstić information content (AvgIpc) is 2.99. The molecule has 0 radical (unpaired) electrons. The van der Waals surface area contributed by atoms with Crippen LogP contribution >= 0.6 is 19.4 Å². The quantitative estimate of drug-likeness (QED) is 0.533. The van der Waals surface area contributed by atoms with Gasteiger partial charge < -0.3 is 9.05 Å². The molecule has 3 aliphatic rings. The zero-order chi connectivity index (χ0) is 14.8. The maximum Gasteiger partial charge on any atom is 0.344 e. The lowest BCUT2D eigenvalue weighted by molar-refractivity contribution is 0.131. The highest BCUT2D eigenvalue weighted by atomic mass is 32.2. The Morgan fingerprint density at radius 3 is 2.25 bits per heavy atom. The molecule has 4 atom stereocenters. The minimum absolute atomic E-state index is 0.0419. The Bertz CT molecular complexity index is 449. The van der Waals surface area contributed by atoms with Crippen LogP contribution in [0.5, 0.6) is 0 Å². The highest BCUT2D eigenvalue weighted by Crippen LogP contribution is 2.90. The Morgan fingerprint density at radius 1 is 1.20 bits per heavy atom. The molecule has 0 aromatic carbocycles. The Kier molecular flexibility index (Phi) is 3.47. The summed E-state index contributed by atoms with van der Waals surface area (Å²) in [5.41, 5.74) is 0.541. The predicted octanol–water partition coefficient (Wildman–Crippen LogP) is 4.91. The molecule has 1 unspecified atom stereocenters. The van der Waals surface area contributed by atoms with E-state index in [-0.39, 0.29) is 15.2 Å². The van der Waals surface area contributed by atoms with Gasteiger partial charge in [0, 0.05) is 0 Å². The molecule has 2 aliphatic carbocycles. The van der Waals surface area contributed by atoms with Crippen LogP contribution in [-0.2, 0) is 13.6 Å². The van der Waals surface area contributed by atoms with Gasteiger partial charge in [0.1, 0.15) is 4.99 Å². The zero-order valence-corrected chi connectivity index (χ0v) is 15.0. The maximum absolute atomic E-state index is 13.2. The van der Waals surface area contributed by atoms with Crippen LogP contribution in [0.15, 0.2) is 0 Å². The molecule has 0 aromatic heterocycles. The van der Waals surface area contributed by atoms with Crippen molar-refractivity contribution in [3.63, 3.8) is 0 Å². The fourth-order valence-electron chi connectivity index (χ4n) is 5.15. The molecule has 2 saturated carbocycles. The van der Waals surface area contributed by atoms with Crippen molar-refractivity contribution < 1.29 is 13.6 Å². The molecule has 5 heteroatoms. The van der Waals surface area contributed by atoms with E-state index in [1.54, 1.807) is 0 Å². The van der Waals surface area contributed by atoms with Crippen LogP contribution in [0.3, 0.4) is 0 Å². The van der Waals surface area contributed by atoms with Gasteiger partial charge in [-0.25, -0.2) is 0 Å². The largest absolute Gasteiger partial charge is 0.344 e. The summed E-state index contributed by atoms with van der Waals surface area (Å²) in [5.74, 6) is 0.765. The molecule has 1 heterocycles. The standard InChI is InChI=1S/C15H27O3PS/c1-6-17-19(16,18-7-2)12-15(20-12)13(3,4)11-8-9-14(15,5)10-11/h11-12H,6-10H2,1-5H3/t11-,12?,14+,15-/m0/s1. The topological polar surface area (TPSA) is 35.5 Å². The van der Waals surface area contributed by atoms with Crippen molar-refractivity contribution in [3.8, 4) is 0 Å². The summed E-state index contributed by atoms with van der Waals surface area (Å²) in [7, 11) is -2.98. The van der Waals surface area contributed by atoms with Crippen LogP contribution in [-0.4, -0.2) is 23.0 Å². The van der Waals surface area contributed by atoms with E-state index in [0.717, 1.165) is 5.92 Å².